The topological polar surface area (TPSA) is 64.8 Å². The van der Waals surface area contributed by atoms with E-state index in [0.29, 0.717) is 6.54 Å². The molecule has 0 N–H and O–H groups in total. The Kier molecular flexibility index (Phi) is 3.15. The molecular formula is C9H10IN3O2S. The number of sulfone groups is 1. The van der Waals surface area contributed by atoms with Gasteiger partial charge >= 0.3 is 0 Å². The van der Waals surface area contributed by atoms with Gasteiger partial charge in [-0.05, 0) is 40.8 Å². The van der Waals surface area contributed by atoms with Crippen LogP contribution in [0.15, 0.2) is 18.2 Å². The molecule has 0 atom stereocenters. The maximum atomic E-state index is 11.1. The van der Waals surface area contributed by atoms with Gasteiger partial charge in [0.05, 0.1) is 17.8 Å². The maximum absolute atomic E-state index is 11.1. The molecule has 0 aliphatic rings. The fourth-order valence-electron chi connectivity index (χ4n) is 1.36. The molecular weight excluding hydrogens is 341 g/mol. The summed E-state index contributed by atoms with van der Waals surface area (Å²) in [6, 6.07) is 5.76. The summed E-state index contributed by atoms with van der Waals surface area (Å²) in [6.45, 7) is 0.343. The van der Waals surface area contributed by atoms with Crippen LogP contribution in [0.4, 0.5) is 0 Å². The molecule has 0 fully saturated rings. The van der Waals surface area contributed by atoms with Gasteiger partial charge in [-0.3, -0.25) is 0 Å². The number of nitrogens with zero attached hydrogens (tertiary/aromatic N) is 3. The summed E-state index contributed by atoms with van der Waals surface area (Å²) < 4.78 is 24.8. The van der Waals surface area contributed by atoms with E-state index < -0.39 is 9.84 Å². The average Bonchev–Trinajstić information content (AvgIpc) is 2.56. The van der Waals surface area contributed by atoms with Crippen LogP contribution in [0, 0.1) is 3.57 Å². The first-order valence-corrected chi connectivity index (χ1v) is 7.76. The van der Waals surface area contributed by atoms with Gasteiger partial charge in [-0.25, -0.2) is 13.1 Å². The molecule has 1 aromatic carbocycles. The lowest BCUT2D eigenvalue weighted by molar-refractivity contribution is 0.585. The number of aryl methyl sites for hydroxylation is 1. The van der Waals surface area contributed by atoms with Crippen molar-refractivity contribution < 1.29 is 8.42 Å². The molecule has 1 heterocycles. The normalized spacial score (nSPS) is 12.1. The number of aromatic nitrogens is 3. The molecule has 5 nitrogen and oxygen atoms in total. The van der Waals surface area contributed by atoms with E-state index >= 15 is 0 Å². The molecule has 0 spiro atoms. The summed E-state index contributed by atoms with van der Waals surface area (Å²) in [4.78, 5) is 0. The van der Waals surface area contributed by atoms with Gasteiger partial charge in [-0.2, -0.15) is 0 Å². The zero-order valence-electron chi connectivity index (χ0n) is 8.59. The van der Waals surface area contributed by atoms with Crippen LogP contribution >= 0.6 is 22.6 Å². The smallest absolute Gasteiger partial charge is 0.149 e. The van der Waals surface area contributed by atoms with Gasteiger partial charge in [0.25, 0.3) is 0 Å². The van der Waals surface area contributed by atoms with Gasteiger partial charge in [0.15, 0.2) is 0 Å². The molecule has 0 radical (unpaired) electrons. The van der Waals surface area contributed by atoms with Gasteiger partial charge in [-0.15, -0.1) is 5.10 Å². The molecule has 2 rings (SSSR count). The molecule has 0 aliphatic carbocycles. The predicted molar refractivity (Wildman–Crippen MR) is 70.0 cm³/mol. The lowest BCUT2D eigenvalue weighted by Crippen LogP contribution is -2.12. The maximum Gasteiger partial charge on any atom is 0.149 e. The van der Waals surface area contributed by atoms with Crippen molar-refractivity contribution in [3.05, 3.63) is 21.8 Å². The number of hydrogen-bond donors (Lipinski definition) is 0. The van der Waals surface area contributed by atoms with E-state index in [9.17, 15) is 8.42 Å². The monoisotopic (exact) mass is 351 g/mol. The summed E-state index contributed by atoms with van der Waals surface area (Å²) in [6.07, 6.45) is 1.22. The minimum Gasteiger partial charge on any atom is -0.244 e. The quantitative estimate of drug-likeness (QED) is 0.777. The molecule has 16 heavy (non-hydrogen) atoms. The van der Waals surface area contributed by atoms with Gasteiger partial charge in [0.2, 0.25) is 0 Å². The number of halogens is 1. The van der Waals surface area contributed by atoms with Crippen LogP contribution < -0.4 is 0 Å². The third-order valence-electron chi connectivity index (χ3n) is 2.15. The summed E-state index contributed by atoms with van der Waals surface area (Å²) in [7, 11) is -2.97. The zero-order valence-corrected chi connectivity index (χ0v) is 11.6. The predicted octanol–water partition coefficient (Wildman–Crippen LogP) is 1.08. The Bertz CT molecular complexity index is 621. The van der Waals surface area contributed by atoms with E-state index in [1.807, 2.05) is 18.2 Å². The van der Waals surface area contributed by atoms with Crippen LogP contribution in [0.1, 0.15) is 0 Å². The Morgan fingerprint density at radius 3 is 2.88 bits per heavy atom. The van der Waals surface area contributed by atoms with Crippen molar-refractivity contribution in [1.29, 1.82) is 0 Å². The highest BCUT2D eigenvalue weighted by Gasteiger charge is 2.08. The summed E-state index contributed by atoms with van der Waals surface area (Å²) in [5.41, 5.74) is 1.66. The van der Waals surface area contributed by atoms with Crippen LogP contribution in [0.2, 0.25) is 0 Å². The molecule has 86 valence electrons. The van der Waals surface area contributed by atoms with E-state index in [1.54, 1.807) is 4.68 Å². The van der Waals surface area contributed by atoms with Crippen LogP contribution in [-0.2, 0) is 16.4 Å². The van der Waals surface area contributed by atoms with Crippen molar-refractivity contribution in [3.63, 3.8) is 0 Å². The second kappa shape index (κ2) is 4.28. The summed E-state index contributed by atoms with van der Waals surface area (Å²) in [5, 5.41) is 7.91. The molecule has 0 unspecified atom stereocenters. The molecule has 0 saturated heterocycles. The van der Waals surface area contributed by atoms with Crippen molar-refractivity contribution in [2.75, 3.05) is 12.0 Å². The highest BCUT2D eigenvalue weighted by Crippen LogP contribution is 2.14. The van der Waals surface area contributed by atoms with E-state index in [4.69, 9.17) is 0 Å². The molecule has 0 aliphatic heterocycles. The summed E-state index contributed by atoms with van der Waals surface area (Å²) >= 11 is 2.20. The third-order valence-corrected chi connectivity index (χ3v) is 3.74. The minimum atomic E-state index is -2.97. The Morgan fingerprint density at radius 1 is 1.44 bits per heavy atom. The van der Waals surface area contributed by atoms with Crippen LogP contribution in [0.5, 0.6) is 0 Å². The van der Waals surface area contributed by atoms with Crippen molar-refractivity contribution in [1.82, 2.24) is 15.0 Å². The Hall–Kier alpha value is -0.700. The SMILES string of the molecule is CS(=O)(=O)CCn1nnc2ccc(I)cc21. The first-order chi connectivity index (χ1) is 7.46. The van der Waals surface area contributed by atoms with Crippen molar-refractivity contribution in [2.24, 2.45) is 0 Å². The number of hydrogen-bond acceptors (Lipinski definition) is 4. The van der Waals surface area contributed by atoms with Gasteiger partial charge in [-0.1, -0.05) is 5.21 Å². The van der Waals surface area contributed by atoms with Crippen LogP contribution in [-0.4, -0.2) is 35.4 Å². The van der Waals surface area contributed by atoms with E-state index in [-0.39, 0.29) is 5.75 Å². The molecule has 0 saturated carbocycles. The van der Waals surface area contributed by atoms with E-state index in [1.165, 1.54) is 6.26 Å². The highest BCUT2D eigenvalue weighted by atomic mass is 127. The highest BCUT2D eigenvalue weighted by molar-refractivity contribution is 14.1. The molecule has 0 amide bonds. The van der Waals surface area contributed by atoms with Crippen molar-refractivity contribution in [3.8, 4) is 0 Å². The van der Waals surface area contributed by atoms with Crippen LogP contribution in [0.25, 0.3) is 11.0 Å². The fraction of sp³-hybridized carbons (Fsp3) is 0.333. The first kappa shape index (κ1) is 11.8. The Morgan fingerprint density at radius 2 is 2.19 bits per heavy atom. The minimum absolute atomic E-state index is 0.0803. The van der Waals surface area contributed by atoms with Gasteiger partial charge in [0, 0.05) is 9.83 Å². The Labute approximate surface area is 107 Å². The van der Waals surface area contributed by atoms with Crippen LogP contribution in [0.3, 0.4) is 0 Å². The van der Waals surface area contributed by atoms with Crippen molar-refractivity contribution >= 4 is 43.5 Å². The third kappa shape index (κ3) is 2.70. The number of rotatable bonds is 3. The van der Waals surface area contributed by atoms with Gasteiger partial charge < -0.3 is 0 Å². The fourth-order valence-corrected chi connectivity index (χ4v) is 2.34. The lowest BCUT2D eigenvalue weighted by Gasteiger charge is -2.00. The van der Waals surface area contributed by atoms with Crippen molar-refractivity contribution in [2.45, 2.75) is 6.54 Å². The molecule has 2 aromatic rings. The van der Waals surface area contributed by atoms with E-state index in [2.05, 4.69) is 32.9 Å². The molecule has 7 heteroatoms. The molecule has 1 aromatic heterocycles. The first-order valence-electron chi connectivity index (χ1n) is 4.62. The second-order valence-corrected chi connectivity index (χ2v) is 7.08. The average molecular weight is 351 g/mol. The number of fused-ring (bicyclic) bond motifs is 1. The second-order valence-electron chi connectivity index (χ2n) is 3.58. The Balaban J connectivity index is 2.34. The molecule has 0 bridgehead atoms. The summed E-state index contributed by atoms with van der Waals surface area (Å²) in [5.74, 6) is 0.0803. The zero-order chi connectivity index (χ0) is 11.8. The van der Waals surface area contributed by atoms with Gasteiger partial charge in [0.1, 0.15) is 15.4 Å². The largest absolute Gasteiger partial charge is 0.244 e. The number of benzene rings is 1. The standard InChI is InChI=1S/C9H10IN3O2S/c1-16(14,15)5-4-13-9-6-7(10)2-3-8(9)11-12-13/h2-3,6H,4-5H2,1H3. The lowest BCUT2D eigenvalue weighted by atomic mass is 10.3. The van der Waals surface area contributed by atoms with E-state index in [0.717, 1.165) is 14.6 Å².